The minimum Gasteiger partial charge on any atom is -0.309 e. The molecule has 3 heteroatoms. The van der Waals surface area contributed by atoms with Crippen molar-refractivity contribution in [2.75, 3.05) is 0 Å². The zero-order valence-electron chi connectivity index (χ0n) is 29.8. The second-order valence-corrected chi connectivity index (χ2v) is 15.5. The maximum absolute atomic E-state index is 2.55. The van der Waals surface area contributed by atoms with Crippen LogP contribution in [0.15, 0.2) is 194 Å². The lowest BCUT2D eigenvalue weighted by Gasteiger charge is -2.12. The van der Waals surface area contributed by atoms with Crippen LogP contribution in [0.2, 0.25) is 0 Å². The molecule has 0 bridgehead atoms. The van der Waals surface area contributed by atoms with Gasteiger partial charge in [0.15, 0.2) is 0 Å². The van der Waals surface area contributed by atoms with Crippen LogP contribution < -0.4 is 0 Å². The summed E-state index contributed by atoms with van der Waals surface area (Å²) >= 11 is 1.91. The number of rotatable bonds is 4. The molecule has 0 aliphatic carbocycles. The molecule has 0 atom stereocenters. The zero-order valence-corrected chi connectivity index (χ0v) is 30.6. The van der Waals surface area contributed by atoms with Gasteiger partial charge >= 0.3 is 0 Å². The summed E-state index contributed by atoms with van der Waals surface area (Å²) in [4.78, 5) is 0. The van der Waals surface area contributed by atoms with E-state index in [9.17, 15) is 0 Å². The van der Waals surface area contributed by atoms with E-state index in [1.54, 1.807) is 0 Å². The van der Waals surface area contributed by atoms with E-state index in [1.165, 1.54) is 102 Å². The third-order valence-corrected chi connectivity index (χ3v) is 12.7. The van der Waals surface area contributed by atoms with Crippen LogP contribution in [0.3, 0.4) is 0 Å². The van der Waals surface area contributed by atoms with Gasteiger partial charge in [0.25, 0.3) is 0 Å². The SMILES string of the molecule is c1ccc(-c2ccc(-c3ccc4c(c3)c3c5ccccc5c5c6ccccc6sc5c3n4-c3ccc4c(c3)c3ccccc3n4-c3ccccc3)cc2)cc1. The molecule has 12 rings (SSSR count). The average Bonchev–Trinajstić information content (AvgIpc) is 3.92. The van der Waals surface area contributed by atoms with Crippen molar-refractivity contribution in [1.82, 2.24) is 9.13 Å². The van der Waals surface area contributed by atoms with Gasteiger partial charge in [-0.25, -0.2) is 0 Å². The molecular formula is C52H32N2S. The van der Waals surface area contributed by atoms with Crippen molar-refractivity contribution in [2.45, 2.75) is 0 Å². The third-order valence-electron chi connectivity index (χ3n) is 11.5. The molecule has 0 unspecified atom stereocenters. The number of thiophene rings is 1. The third kappa shape index (κ3) is 4.48. The molecular weight excluding hydrogens is 685 g/mol. The van der Waals surface area contributed by atoms with Crippen LogP contribution in [0.25, 0.3) is 108 Å². The Hall–Kier alpha value is -6.94. The van der Waals surface area contributed by atoms with Gasteiger partial charge in [0.05, 0.1) is 26.8 Å². The van der Waals surface area contributed by atoms with Gasteiger partial charge in [-0.1, -0.05) is 140 Å². The van der Waals surface area contributed by atoms with E-state index in [-0.39, 0.29) is 0 Å². The number of nitrogens with zero attached hydrogens (tertiary/aromatic N) is 2. The predicted molar refractivity (Wildman–Crippen MR) is 236 cm³/mol. The summed E-state index contributed by atoms with van der Waals surface area (Å²) in [5.41, 5.74) is 12.1. The van der Waals surface area contributed by atoms with Crippen LogP contribution in [0.1, 0.15) is 0 Å². The summed E-state index contributed by atoms with van der Waals surface area (Å²) in [6.07, 6.45) is 0. The molecule has 0 amide bonds. The van der Waals surface area contributed by atoms with Crippen LogP contribution in [0.4, 0.5) is 0 Å². The Morgan fingerprint density at radius 1 is 0.309 bits per heavy atom. The van der Waals surface area contributed by atoms with Crippen molar-refractivity contribution in [3.63, 3.8) is 0 Å². The van der Waals surface area contributed by atoms with Crippen molar-refractivity contribution in [1.29, 1.82) is 0 Å². The lowest BCUT2D eigenvalue weighted by molar-refractivity contribution is 1.17. The molecule has 256 valence electrons. The van der Waals surface area contributed by atoms with Gasteiger partial charge in [-0.2, -0.15) is 0 Å². The van der Waals surface area contributed by atoms with Gasteiger partial charge in [0.1, 0.15) is 0 Å². The van der Waals surface area contributed by atoms with Crippen molar-refractivity contribution in [2.24, 2.45) is 0 Å². The maximum Gasteiger partial charge on any atom is 0.0726 e. The van der Waals surface area contributed by atoms with Gasteiger partial charge < -0.3 is 9.13 Å². The molecule has 0 fully saturated rings. The first-order chi connectivity index (χ1) is 27.3. The van der Waals surface area contributed by atoms with Gasteiger partial charge in [-0.15, -0.1) is 11.3 Å². The average molecular weight is 717 g/mol. The van der Waals surface area contributed by atoms with E-state index in [4.69, 9.17) is 0 Å². The van der Waals surface area contributed by atoms with E-state index in [0.717, 1.165) is 5.69 Å². The molecule has 0 aliphatic heterocycles. The molecule has 0 aliphatic rings. The lowest BCUT2D eigenvalue weighted by Crippen LogP contribution is -1.96. The Kier molecular flexibility index (Phi) is 6.54. The number of aromatic nitrogens is 2. The summed E-state index contributed by atoms with van der Waals surface area (Å²) in [6, 6.07) is 71.2. The van der Waals surface area contributed by atoms with Crippen molar-refractivity contribution in [3.8, 4) is 33.6 Å². The van der Waals surface area contributed by atoms with Gasteiger partial charge in [0.2, 0.25) is 0 Å². The highest BCUT2D eigenvalue weighted by Gasteiger charge is 2.23. The molecule has 2 nitrogen and oxygen atoms in total. The Balaban J connectivity index is 1.18. The minimum atomic E-state index is 1.16. The fourth-order valence-electron chi connectivity index (χ4n) is 9.07. The number of hydrogen-bond donors (Lipinski definition) is 0. The van der Waals surface area contributed by atoms with Crippen LogP contribution in [-0.4, -0.2) is 9.13 Å². The molecule has 0 spiro atoms. The van der Waals surface area contributed by atoms with Crippen molar-refractivity contribution in [3.05, 3.63) is 194 Å². The van der Waals surface area contributed by atoms with Crippen LogP contribution in [0.5, 0.6) is 0 Å². The lowest BCUT2D eigenvalue weighted by atomic mass is 9.96. The molecule has 3 aromatic heterocycles. The fraction of sp³-hybridized carbons (Fsp3) is 0. The standard InChI is InChI=1S/C52H32N2S/c1-3-13-33(14-4-1)34-23-25-35(26-24-34)36-27-29-47-44(31-36)49-40-18-7-8-19-41(40)50-42-20-10-12-22-48(42)55-52(50)51(49)54(47)38-28-30-46-43(32-38)39-17-9-11-21-45(39)53(46)37-15-5-2-6-16-37/h1-32H. The van der Waals surface area contributed by atoms with Crippen molar-refractivity contribution < 1.29 is 0 Å². The normalized spacial score (nSPS) is 12.0. The van der Waals surface area contributed by atoms with E-state index in [2.05, 4.69) is 203 Å². The highest BCUT2D eigenvalue weighted by Crippen LogP contribution is 2.49. The largest absolute Gasteiger partial charge is 0.309 e. The highest BCUT2D eigenvalue weighted by atomic mass is 32.1. The Bertz CT molecular complexity index is 3460. The number of para-hydroxylation sites is 2. The summed E-state index contributed by atoms with van der Waals surface area (Å²) < 4.78 is 7.58. The molecule has 0 saturated carbocycles. The maximum atomic E-state index is 2.55. The number of fused-ring (bicyclic) bond motifs is 13. The molecule has 0 saturated heterocycles. The second-order valence-electron chi connectivity index (χ2n) is 14.5. The van der Waals surface area contributed by atoms with Gasteiger partial charge in [-0.3, -0.25) is 0 Å². The van der Waals surface area contributed by atoms with Gasteiger partial charge in [-0.05, 0) is 87.6 Å². The first-order valence-corrected chi connectivity index (χ1v) is 19.7. The Labute approximate surface area is 321 Å². The highest BCUT2D eigenvalue weighted by molar-refractivity contribution is 7.27. The zero-order chi connectivity index (χ0) is 36.0. The molecule has 3 heterocycles. The first-order valence-electron chi connectivity index (χ1n) is 18.9. The van der Waals surface area contributed by atoms with Crippen LogP contribution in [0, 0.1) is 0 Å². The van der Waals surface area contributed by atoms with Crippen LogP contribution in [-0.2, 0) is 0 Å². The summed E-state index contributed by atoms with van der Waals surface area (Å²) in [5, 5.41) is 10.3. The molecule has 12 aromatic rings. The van der Waals surface area contributed by atoms with E-state index in [1.807, 2.05) is 11.3 Å². The Morgan fingerprint density at radius 3 is 1.64 bits per heavy atom. The number of benzene rings is 9. The minimum absolute atomic E-state index is 1.16. The number of hydrogen-bond acceptors (Lipinski definition) is 1. The second kappa shape index (κ2) is 11.8. The first kappa shape index (κ1) is 30.5. The quantitative estimate of drug-likeness (QED) is 0.172. The predicted octanol–water partition coefficient (Wildman–Crippen LogP) is 14.7. The van der Waals surface area contributed by atoms with Gasteiger partial charge in [0, 0.05) is 48.4 Å². The fourth-order valence-corrected chi connectivity index (χ4v) is 10.3. The van der Waals surface area contributed by atoms with Crippen LogP contribution >= 0.6 is 11.3 Å². The monoisotopic (exact) mass is 716 g/mol. The van der Waals surface area contributed by atoms with Crippen molar-refractivity contribution >= 4 is 85.9 Å². The summed E-state index contributed by atoms with van der Waals surface area (Å²) in [7, 11) is 0. The van der Waals surface area contributed by atoms with E-state index >= 15 is 0 Å². The Morgan fingerprint density at radius 2 is 0.855 bits per heavy atom. The van der Waals surface area contributed by atoms with E-state index in [0.29, 0.717) is 0 Å². The molecule has 55 heavy (non-hydrogen) atoms. The summed E-state index contributed by atoms with van der Waals surface area (Å²) in [6.45, 7) is 0. The van der Waals surface area contributed by atoms with E-state index < -0.39 is 0 Å². The molecule has 0 radical (unpaired) electrons. The molecule has 0 N–H and O–H groups in total. The molecule has 9 aromatic carbocycles. The summed E-state index contributed by atoms with van der Waals surface area (Å²) in [5.74, 6) is 0. The topological polar surface area (TPSA) is 9.86 Å². The smallest absolute Gasteiger partial charge is 0.0726 e.